The highest BCUT2D eigenvalue weighted by molar-refractivity contribution is 7.99. The lowest BCUT2D eigenvalue weighted by Gasteiger charge is -2.12. The topological polar surface area (TPSA) is 98.1 Å². The number of amides is 2. The van der Waals surface area contributed by atoms with Gasteiger partial charge in [-0.15, -0.1) is 16.8 Å². The molecular formula is C22H22ClN5O3S. The molecule has 0 fully saturated rings. The molecule has 32 heavy (non-hydrogen) atoms. The van der Waals surface area contributed by atoms with E-state index in [1.165, 1.54) is 25.8 Å². The summed E-state index contributed by atoms with van der Waals surface area (Å²) in [6.45, 7) is 5.70. The number of benzene rings is 2. The number of hydrogen-bond donors (Lipinski definition) is 2. The van der Waals surface area contributed by atoms with Crippen molar-refractivity contribution in [3.63, 3.8) is 0 Å². The van der Waals surface area contributed by atoms with E-state index in [0.29, 0.717) is 39.7 Å². The van der Waals surface area contributed by atoms with Gasteiger partial charge in [0.2, 0.25) is 11.8 Å². The summed E-state index contributed by atoms with van der Waals surface area (Å²) in [6.07, 6.45) is 1.74. The second-order valence-electron chi connectivity index (χ2n) is 6.65. The van der Waals surface area contributed by atoms with Gasteiger partial charge >= 0.3 is 0 Å². The average Bonchev–Trinajstić information content (AvgIpc) is 3.15. The van der Waals surface area contributed by atoms with Crippen LogP contribution in [-0.2, 0) is 16.1 Å². The Bertz CT molecular complexity index is 1130. The highest BCUT2D eigenvalue weighted by Crippen LogP contribution is 2.29. The van der Waals surface area contributed by atoms with Crippen LogP contribution in [0.15, 0.2) is 60.3 Å². The zero-order valence-electron chi connectivity index (χ0n) is 17.6. The second-order valence-corrected chi connectivity index (χ2v) is 8.02. The maximum absolute atomic E-state index is 12.6. The van der Waals surface area contributed by atoms with Gasteiger partial charge in [-0.3, -0.25) is 14.2 Å². The predicted octanol–water partition coefficient (Wildman–Crippen LogP) is 4.48. The number of rotatable bonds is 9. The molecule has 0 saturated heterocycles. The molecule has 0 radical (unpaired) electrons. The van der Waals surface area contributed by atoms with Crippen LogP contribution in [0.3, 0.4) is 0 Å². The van der Waals surface area contributed by atoms with E-state index in [9.17, 15) is 9.59 Å². The molecule has 0 bridgehead atoms. The second kappa shape index (κ2) is 10.8. The predicted molar refractivity (Wildman–Crippen MR) is 127 cm³/mol. The Morgan fingerprint density at radius 3 is 2.59 bits per heavy atom. The molecule has 2 aromatic carbocycles. The van der Waals surface area contributed by atoms with Crippen LogP contribution in [0.25, 0.3) is 11.4 Å². The third kappa shape index (κ3) is 5.89. The lowest BCUT2D eigenvalue weighted by molar-refractivity contribution is -0.114. The van der Waals surface area contributed by atoms with E-state index in [-0.39, 0.29) is 17.6 Å². The highest BCUT2D eigenvalue weighted by Gasteiger charge is 2.16. The number of aromatic nitrogens is 3. The summed E-state index contributed by atoms with van der Waals surface area (Å²) in [4.78, 5) is 23.9. The number of anilines is 2. The molecule has 0 spiro atoms. The SMILES string of the molecule is C=CCn1c(SCC(=O)Nc2cc(NC(C)=O)ccc2OC)nnc1-c1ccc(Cl)cc1. The zero-order chi connectivity index (χ0) is 23.1. The first-order chi connectivity index (χ1) is 15.4. The summed E-state index contributed by atoms with van der Waals surface area (Å²) < 4.78 is 7.18. The molecule has 1 aromatic heterocycles. The van der Waals surface area contributed by atoms with Crippen LogP contribution in [0.5, 0.6) is 5.75 Å². The van der Waals surface area contributed by atoms with E-state index < -0.39 is 0 Å². The van der Waals surface area contributed by atoms with Gasteiger partial charge in [-0.2, -0.15) is 0 Å². The summed E-state index contributed by atoms with van der Waals surface area (Å²) in [6, 6.07) is 12.3. The standard InChI is InChI=1S/C22H22ClN5O3S/c1-4-11-28-21(15-5-7-16(23)8-6-15)26-27-22(28)32-13-20(30)25-18-12-17(24-14(2)29)9-10-19(18)31-3/h4-10,12H,1,11,13H2,2-3H3,(H,24,29)(H,25,30). The van der Waals surface area contributed by atoms with E-state index in [1.54, 1.807) is 36.4 Å². The molecule has 2 amide bonds. The number of ether oxygens (including phenoxy) is 1. The Kier molecular flexibility index (Phi) is 7.91. The van der Waals surface area contributed by atoms with Crippen LogP contribution in [-0.4, -0.2) is 39.4 Å². The number of nitrogens with one attached hydrogen (secondary N) is 2. The summed E-state index contributed by atoms with van der Waals surface area (Å²) in [5.41, 5.74) is 1.87. The largest absolute Gasteiger partial charge is 0.495 e. The fraction of sp³-hybridized carbons (Fsp3) is 0.182. The fourth-order valence-corrected chi connectivity index (χ4v) is 3.78. The molecule has 0 aliphatic rings. The molecule has 10 heteroatoms. The van der Waals surface area contributed by atoms with Gasteiger partial charge in [0, 0.05) is 29.7 Å². The molecule has 3 rings (SSSR count). The molecule has 0 saturated carbocycles. The van der Waals surface area contributed by atoms with Gasteiger partial charge in [0.1, 0.15) is 5.75 Å². The zero-order valence-corrected chi connectivity index (χ0v) is 19.2. The minimum absolute atomic E-state index is 0.101. The van der Waals surface area contributed by atoms with E-state index in [1.807, 2.05) is 16.7 Å². The third-order valence-electron chi connectivity index (χ3n) is 4.26. The molecular weight excluding hydrogens is 450 g/mol. The number of carbonyl (C=O) groups is 2. The molecule has 2 N–H and O–H groups in total. The molecule has 8 nitrogen and oxygen atoms in total. The number of nitrogens with zero attached hydrogens (tertiary/aromatic N) is 3. The monoisotopic (exact) mass is 471 g/mol. The molecule has 1 heterocycles. The number of hydrogen-bond acceptors (Lipinski definition) is 6. The summed E-state index contributed by atoms with van der Waals surface area (Å²) >= 11 is 7.23. The Labute approximate surface area is 195 Å². The minimum atomic E-state index is -0.255. The number of methoxy groups -OCH3 is 1. The molecule has 0 atom stereocenters. The van der Waals surface area contributed by atoms with Crippen molar-refractivity contribution >= 4 is 46.6 Å². The first-order valence-corrected chi connectivity index (χ1v) is 11.0. The Morgan fingerprint density at radius 2 is 1.94 bits per heavy atom. The first kappa shape index (κ1) is 23.4. The normalized spacial score (nSPS) is 10.5. The average molecular weight is 472 g/mol. The van der Waals surface area contributed by atoms with Crippen LogP contribution in [0.1, 0.15) is 6.92 Å². The van der Waals surface area contributed by atoms with Gasteiger partial charge in [0.25, 0.3) is 0 Å². The summed E-state index contributed by atoms with van der Waals surface area (Å²) in [7, 11) is 1.51. The summed E-state index contributed by atoms with van der Waals surface area (Å²) in [5, 5.41) is 15.2. The molecule has 0 unspecified atom stereocenters. The van der Waals surface area contributed by atoms with Crippen LogP contribution in [0, 0.1) is 0 Å². The molecule has 166 valence electrons. The number of halogens is 1. The van der Waals surface area contributed by atoms with Gasteiger partial charge in [-0.1, -0.05) is 29.4 Å². The van der Waals surface area contributed by atoms with Crippen molar-refractivity contribution in [2.45, 2.75) is 18.6 Å². The van der Waals surface area contributed by atoms with Crippen LogP contribution in [0.4, 0.5) is 11.4 Å². The van der Waals surface area contributed by atoms with E-state index >= 15 is 0 Å². The van der Waals surface area contributed by atoms with E-state index in [4.69, 9.17) is 16.3 Å². The van der Waals surface area contributed by atoms with E-state index in [2.05, 4.69) is 27.4 Å². The quantitative estimate of drug-likeness (QED) is 0.352. The van der Waals surface area contributed by atoms with Crippen LogP contribution < -0.4 is 15.4 Å². The van der Waals surface area contributed by atoms with Gasteiger partial charge in [-0.25, -0.2) is 0 Å². The van der Waals surface area contributed by atoms with Crippen molar-refractivity contribution in [2.24, 2.45) is 0 Å². The number of thioether (sulfide) groups is 1. The lowest BCUT2D eigenvalue weighted by Crippen LogP contribution is -2.16. The fourth-order valence-electron chi connectivity index (χ4n) is 2.90. The minimum Gasteiger partial charge on any atom is -0.495 e. The Balaban J connectivity index is 1.73. The molecule has 0 aliphatic carbocycles. The van der Waals surface area contributed by atoms with Crippen LogP contribution >= 0.6 is 23.4 Å². The van der Waals surface area contributed by atoms with Crippen molar-refractivity contribution < 1.29 is 14.3 Å². The van der Waals surface area contributed by atoms with Gasteiger partial charge < -0.3 is 15.4 Å². The van der Waals surface area contributed by atoms with Crippen LogP contribution in [0.2, 0.25) is 5.02 Å². The van der Waals surface area contributed by atoms with E-state index in [0.717, 1.165) is 5.56 Å². The third-order valence-corrected chi connectivity index (χ3v) is 5.48. The van der Waals surface area contributed by atoms with Crippen molar-refractivity contribution in [3.8, 4) is 17.1 Å². The van der Waals surface area contributed by atoms with Crippen molar-refractivity contribution in [2.75, 3.05) is 23.5 Å². The Hall–Kier alpha value is -3.30. The van der Waals surface area contributed by atoms with Gasteiger partial charge in [0.15, 0.2) is 11.0 Å². The lowest BCUT2D eigenvalue weighted by atomic mass is 10.2. The highest BCUT2D eigenvalue weighted by atomic mass is 35.5. The van der Waals surface area contributed by atoms with Gasteiger partial charge in [-0.05, 0) is 42.5 Å². The summed E-state index contributed by atoms with van der Waals surface area (Å²) in [5.74, 6) is 0.783. The maximum atomic E-state index is 12.6. The van der Waals surface area contributed by atoms with Crippen molar-refractivity contribution in [1.29, 1.82) is 0 Å². The molecule has 3 aromatic rings. The number of carbonyl (C=O) groups excluding carboxylic acids is 2. The first-order valence-electron chi connectivity index (χ1n) is 9.59. The van der Waals surface area contributed by atoms with Crippen molar-refractivity contribution in [3.05, 3.63) is 60.1 Å². The number of allylic oxidation sites excluding steroid dienone is 1. The maximum Gasteiger partial charge on any atom is 0.234 e. The molecule has 0 aliphatic heterocycles. The smallest absolute Gasteiger partial charge is 0.234 e. The van der Waals surface area contributed by atoms with Crippen molar-refractivity contribution in [1.82, 2.24) is 14.8 Å². The van der Waals surface area contributed by atoms with Gasteiger partial charge in [0.05, 0.1) is 18.6 Å². The Morgan fingerprint density at radius 1 is 1.19 bits per heavy atom.